The van der Waals surface area contributed by atoms with Gasteiger partial charge in [0.15, 0.2) is 0 Å². The fourth-order valence-corrected chi connectivity index (χ4v) is 2.10. The van der Waals surface area contributed by atoms with Crippen LogP contribution in [-0.4, -0.2) is 43.1 Å². The first-order chi connectivity index (χ1) is 9.62. The summed E-state index contributed by atoms with van der Waals surface area (Å²) in [6.07, 6.45) is 0.545. The molecule has 0 radical (unpaired) electrons. The maximum Gasteiger partial charge on any atom is 0.228 e. The molecule has 0 aliphatic carbocycles. The van der Waals surface area contributed by atoms with E-state index in [9.17, 15) is 0 Å². The molecule has 0 saturated carbocycles. The number of hydrogen-bond acceptors (Lipinski definition) is 6. The molecular formula is C14H27N3O3. The number of aromatic nitrogens is 2. The first-order valence-corrected chi connectivity index (χ1v) is 7.28. The fraction of sp³-hybridized carbons (Fsp3) is 0.857. The van der Waals surface area contributed by atoms with Crippen molar-refractivity contribution in [2.24, 2.45) is 5.92 Å². The van der Waals surface area contributed by atoms with E-state index < -0.39 is 0 Å². The van der Waals surface area contributed by atoms with Crippen molar-refractivity contribution in [3.05, 3.63) is 11.7 Å². The van der Waals surface area contributed by atoms with Crippen LogP contribution in [0.25, 0.3) is 0 Å². The standard InChI is InChI=1S/C14H27N3O3/c1-6-15-11(9-18-5)8-12-16-14(17-20-12)13(10(3)4)19-7-2/h10-11,13,15H,6-9H2,1-5H3. The molecule has 1 aromatic rings. The van der Waals surface area contributed by atoms with E-state index in [1.54, 1.807) is 7.11 Å². The second-order valence-corrected chi connectivity index (χ2v) is 5.08. The monoisotopic (exact) mass is 285 g/mol. The second-order valence-electron chi connectivity index (χ2n) is 5.08. The average molecular weight is 285 g/mol. The second kappa shape index (κ2) is 9.05. The van der Waals surface area contributed by atoms with Crippen LogP contribution in [0.15, 0.2) is 4.52 Å². The number of methoxy groups -OCH3 is 1. The molecule has 6 heteroatoms. The summed E-state index contributed by atoms with van der Waals surface area (Å²) in [7, 11) is 1.69. The molecule has 0 fully saturated rings. The van der Waals surface area contributed by atoms with Crippen molar-refractivity contribution in [1.29, 1.82) is 0 Å². The summed E-state index contributed by atoms with van der Waals surface area (Å²) in [6, 6.07) is 0.183. The van der Waals surface area contributed by atoms with Gasteiger partial charge < -0.3 is 19.3 Å². The zero-order valence-corrected chi connectivity index (χ0v) is 13.2. The Balaban J connectivity index is 2.69. The van der Waals surface area contributed by atoms with Crippen LogP contribution < -0.4 is 5.32 Å². The van der Waals surface area contributed by atoms with Gasteiger partial charge in [-0.1, -0.05) is 25.9 Å². The summed E-state index contributed by atoms with van der Waals surface area (Å²) >= 11 is 0. The predicted octanol–water partition coefficient (Wildman–Crippen LogP) is 1.97. The molecule has 0 spiro atoms. The lowest BCUT2D eigenvalue weighted by atomic mass is 10.1. The zero-order valence-electron chi connectivity index (χ0n) is 13.2. The van der Waals surface area contributed by atoms with Crippen molar-refractivity contribution >= 4 is 0 Å². The number of ether oxygens (including phenoxy) is 2. The number of hydrogen-bond donors (Lipinski definition) is 1. The average Bonchev–Trinajstić information content (AvgIpc) is 2.84. The fourth-order valence-electron chi connectivity index (χ4n) is 2.10. The van der Waals surface area contributed by atoms with E-state index in [4.69, 9.17) is 14.0 Å². The van der Waals surface area contributed by atoms with Gasteiger partial charge in [0.1, 0.15) is 6.10 Å². The number of likely N-dealkylation sites (N-methyl/N-ethyl adjacent to an activating group) is 1. The molecule has 1 heterocycles. The van der Waals surface area contributed by atoms with Crippen LogP contribution in [0.2, 0.25) is 0 Å². The smallest absolute Gasteiger partial charge is 0.228 e. The lowest BCUT2D eigenvalue weighted by Crippen LogP contribution is -2.35. The molecule has 0 amide bonds. The molecule has 1 rings (SSSR count). The highest BCUT2D eigenvalue weighted by Crippen LogP contribution is 2.23. The van der Waals surface area contributed by atoms with Crippen LogP contribution in [-0.2, 0) is 15.9 Å². The predicted molar refractivity (Wildman–Crippen MR) is 76.5 cm³/mol. The molecule has 1 N–H and O–H groups in total. The Labute approximate surface area is 121 Å². The minimum Gasteiger partial charge on any atom is -0.383 e. The SMILES string of the molecule is CCNC(COC)Cc1nc(C(OCC)C(C)C)no1. The molecule has 2 atom stereocenters. The van der Waals surface area contributed by atoms with Crippen LogP contribution in [0.5, 0.6) is 0 Å². The van der Waals surface area contributed by atoms with Gasteiger partial charge in [-0.15, -0.1) is 0 Å². The van der Waals surface area contributed by atoms with Crippen LogP contribution >= 0.6 is 0 Å². The minimum atomic E-state index is -0.113. The Kier molecular flexibility index (Phi) is 7.72. The van der Waals surface area contributed by atoms with E-state index in [1.807, 2.05) is 6.92 Å². The van der Waals surface area contributed by atoms with E-state index in [2.05, 4.69) is 36.2 Å². The third kappa shape index (κ3) is 5.19. The van der Waals surface area contributed by atoms with Gasteiger partial charge in [-0.05, 0) is 19.4 Å². The normalized spacial score (nSPS) is 14.7. The van der Waals surface area contributed by atoms with Gasteiger partial charge in [-0.3, -0.25) is 0 Å². The highest BCUT2D eigenvalue weighted by atomic mass is 16.5. The van der Waals surface area contributed by atoms with Gasteiger partial charge in [0, 0.05) is 26.2 Å². The van der Waals surface area contributed by atoms with E-state index in [1.165, 1.54) is 0 Å². The Morgan fingerprint density at radius 3 is 2.60 bits per heavy atom. The van der Waals surface area contributed by atoms with E-state index in [-0.39, 0.29) is 12.1 Å². The maximum absolute atomic E-state index is 5.68. The minimum absolute atomic E-state index is 0.113. The number of nitrogens with zero attached hydrogens (tertiary/aromatic N) is 2. The summed E-state index contributed by atoms with van der Waals surface area (Å²) in [4.78, 5) is 4.46. The molecule has 2 unspecified atom stereocenters. The molecule has 116 valence electrons. The third-order valence-corrected chi connectivity index (χ3v) is 2.97. The lowest BCUT2D eigenvalue weighted by Gasteiger charge is -2.16. The van der Waals surface area contributed by atoms with Crippen molar-refractivity contribution < 1.29 is 14.0 Å². The molecular weight excluding hydrogens is 258 g/mol. The van der Waals surface area contributed by atoms with Gasteiger partial charge >= 0.3 is 0 Å². The summed E-state index contributed by atoms with van der Waals surface area (Å²) in [5.41, 5.74) is 0. The van der Waals surface area contributed by atoms with Crippen molar-refractivity contribution in [1.82, 2.24) is 15.5 Å². The summed E-state index contributed by atoms with van der Waals surface area (Å²) in [5.74, 6) is 1.56. The molecule has 0 bridgehead atoms. The third-order valence-electron chi connectivity index (χ3n) is 2.97. The maximum atomic E-state index is 5.68. The zero-order chi connectivity index (χ0) is 15.0. The van der Waals surface area contributed by atoms with Crippen LogP contribution in [0.4, 0.5) is 0 Å². The van der Waals surface area contributed by atoms with Crippen LogP contribution in [0.1, 0.15) is 45.5 Å². The van der Waals surface area contributed by atoms with Gasteiger partial charge in [-0.2, -0.15) is 4.98 Å². The van der Waals surface area contributed by atoms with Crippen molar-refractivity contribution in [3.8, 4) is 0 Å². The van der Waals surface area contributed by atoms with Crippen LogP contribution in [0, 0.1) is 5.92 Å². The molecule has 0 saturated heterocycles. The first kappa shape index (κ1) is 17.1. The lowest BCUT2D eigenvalue weighted by molar-refractivity contribution is 0.0217. The molecule has 6 nitrogen and oxygen atoms in total. The van der Waals surface area contributed by atoms with Crippen LogP contribution in [0.3, 0.4) is 0 Å². The van der Waals surface area contributed by atoms with E-state index >= 15 is 0 Å². The quantitative estimate of drug-likeness (QED) is 0.709. The molecule has 0 aromatic carbocycles. The number of rotatable bonds is 10. The first-order valence-electron chi connectivity index (χ1n) is 7.28. The Morgan fingerprint density at radius 2 is 2.05 bits per heavy atom. The molecule has 0 aliphatic rings. The van der Waals surface area contributed by atoms with Gasteiger partial charge in [0.05, 0.1) is 6.61 Å². The summed E-state index contributed by atoms with van der Waals surface area (Å²) in [6.45, 7) is 10.3. The topological polar surface area (TPSA) is 69.4 Å². The van der Waals surface area contributed by atoms with Crippen molar-refractivity contribution in [3.63, 3.8) is 0 Å². The summed E-state index contributed by atoms with van der Waals surface area (Å²) < 4.78 is 16.2. The Hall–Kier alpha value is -0.980. The van der Waals surface area contributed by atoms with Gasteiger partial charge in [-0.25, -0.2) is 0 Å². The van der Waals surface area contributed by atoms with Crippen molar-refractivity contribution in [2.45, 2.75) is 46.3 Å². The molecule has 1 aromatic heterocycles. The highest BCUT2D eigenvalue weighted by Gasteiger charge is 2.23. The van der Waals surface area contributed by atoms with Gasteiger partial charge in [0.25, 0.3) is 0 Å². The highest BCUT2D eigenvalue weighted by molar-refractivity contribution is 4.94. The Bertz CT molecular complexity index is 362. The van der Waals surface area contributed by atoms with Gasteiger partial charge in [0.2, 0.25) is 11.7 Å². The van der Waals surface area contributed by atoms with Crippen molar-refractivity contribution in [2.75, 3.05) is 26.9 Å². The van der Waals surface area contributed by atoms with E-state index in [0.29, 0.717) is 37.3 Å². The van der Waals surface area contributed by atoms with E-state index in [0.717, 1.165) is 6.54 Å². The largest absolute Gasteiger partial charge is 0.383 e. The summed E-state index contributed by atoms with van der Waals surface area (Å²) in [5, 5.41) is 7.38. The Morgan fingerprint density at radius 1 is 1.30 bits per heavy atom. The number of nitrogens with one attached hydrogen (secondary N) is 1. The molecule has 0 aliphatic heterocycles. The molecule has 20 heavy (non-hydrogen) atoms.